The summed E-state index contributed by atoms with van der Waals surface area (Å²) in [6.45, 7) is 4.82. The van der Waals surface area contributed by atoms with E-state index in [1.54, 1.807) is 29.9 Å². The molecule has 1 atom stereocenters. The fraction of sp³-hybridized carbons (Fsp3) is 0.333. The van der Waals surface area contributed by atoms with Crippen LogP contribution in [0.2, 0.25) is 0 Å². The summed E-state index contributed by atoms with van der Waals surface area (Å²) >= 11 is 0. The Balaban J connectivity index is 1.75. The number of rotatable bonds is 12. The smallest absolute Gasteiger partial charge is 0.247 e. The van der Waals surface area contributed by atoms with Crippen LogP contribution in [0.15, 0.2) is 72.8 Å². The average molecular weight is 530 g/mol. The fourth-order valence-corrected chi connectivity index (χ4v) is 4.41. The molecule has 0 aliphatic carbocycles. The van der Waals surface area contributed by atoms with Crippen LogP contribution in [0.1, 0.15) is 37.4 Å². The van der Waals surface area contributed by atoms with Gasteiger partial charge < -0.3 is 19.7 Å². The number of benzene rings is 3. The number of para-hydroxylation sites is 1. The molecule has 204 valence electrons. The van der Waals surface area contributed by atoms with Crippen LogP contribution < -0.4 is 14.8 Å². The molecule has 0 unspecified atom stereocenters. The molecule has 0 aliphatic rings. The van der Waals surface area contributed by atoms with E-state index in [-0.39, 0.29) is 24.9 Å². The van der Waals surface area contributed by atoms with Gasteiger partial charge in [-0.05, 0) is 59.9 Å². The molecule has 0 fully saturated rings. The summed E-state index contributed by atoms with van der Waals surface area (Å²) in [6.07, 6.45) is 0.825. The van der Waals surface area contributed by atoms with E-state index in [4.69, 9.17) is 9.47 Å². The first-order chi connectivity index (χ1) is 18.9. The van der Waals surface area contributed by atoms with Crippen molar-refractivity contribution in [2.45, 2.75) is 39.4 Å². The van der Waals surface area contributed by atoms with Crippen LogP contribution in [0.3, 0.4) is 0 Å². The second-order valence-electron chi connectivity index (χ2n) is 9.76. The van der Waals surface area contributed by atoms with E-state index in [0.717, 1.165) is 17.5 Å². The Morgan fingerprint density at radius 1 is 0.949 bits per heavy atom. The van der Waals surface area contributed by atoms with Crippen LogP contribution >= 0.6 is 0 Å². The standard InChI is InChI=1S/C30H35N5O4/c1-21(2)15-16-31-30(37)29(23-10-8-12-25(18-23)39-4)34(19-22-9-7-11-24(17-22)38-3)28(36)20-35-27-14-6-5-13-26(27)32-33-35/h5-14,17-18,21,29H,15-16,19-20H2,1-4H3,(H,31,37)/t29-/m1/s1. The number of methoxy groups -OCH3 is 2. The van der Waals surface area contributed by atoms with Crippen molar-refractivity contribution in [1.29, 1.82) is 0 Å². The molecular weight excluding hydrogens is 494 g/mol. The van der Waals surface area contributed by atoms with Crippen LogP contribution in [0.25, 0.3) is 11.0 Å². The number of ether oxygens (including phenoxy) is 2. The van der Waals surface area contributed by atoms with Crippen molar-refractivity contribution in [1.82, 2.24) is 25.2 Å². The summed E-state index contributed by atoms with van der Waals surface area (Å²) in [5, 5.41) is 11.4. The van der Waals surface area contributed by atoms with Crippen molar-refractivity contribution in [3.63, 3.8) is 0 Å². The Morgan fingerprint density at radius 2 is 1.67 bits per heavy atom. The van der Waals surface area contributed by atoms with E-state index in [0.29, 0.717) is 35.0 Å². The Hall–Kier alpha value is -4.40. The van der Waals surface area contributed by atoms with E-state index >= 15 is 0 Å². The molecule has 4 rings (SSSR count). The SMILES string of the molecule is COc1cccc(CN(C(=O)Cn2nnc3ccccc32)[C@@H](C(=O)NCCC(C)C)c2cccc(OC)c2)c1. The molecule has 9 heteroatoms. The van der Waals surface area contributed by atoms with E-state index in [1.165, 1.54) is 0 Å². The Kier molecular flexibility index (Phi) is 9.14. The van der Waals surface area contributed by atoms with Gasteiger partial charge in [-0.1, -0.05) is 55.5 Å². The largest absolute Gasteiger partial charge is 0.497 e. The third-order valence-electron chi connectivity index (χ3n) is 6.50. The lowest BCUT2D eigenvalue weighted by Gasteiger charge is -2.32. The van der Waals surface area contributed by atoms with E-state index in [2.05, 4.69) is 29.5 Å². The molecule has 1 heterocycles. The summed E-state index contributed by atoms with van der Waals surface area (Å²) in [7, 11) is 3.17. The highest BCUT2D eigenvalue weighted by molar-refractivity contribution is 5.89. The second-order valence-corrected chi connectivity index (χ2v) is 9.76. The molecule has 4 aromatic rings. The summed E-state index contributed by atoms with van der Waals surface area (Å²) in [4.78, 5) is 29.4. The van der Waals surface area contributed by atoms with Crippen LogP contribution in [-0.4, -0.2) is 52.5 Å². The van der Waals surface area contributed by atoms with Crippen LogP contribution in [0, 0.1) is 5.92 Å². The first-order valence-corrected chi connectivity index (χ1v) is 13.0. The molecule has 2 amide bonds. The second kappa shape index (κ2) is 12.9. The van der Waals surface area contributed by atoms with Crippen molar-refractivity contribution < 1.29 is 19.1 Å². The van der Waals surface area contributed by atoms with Gasteiger partial charge in [0.15, 0.2) is 0 Å². The molecular formula is C30H35N5O4. The predicted molar refractivity (Wildman–Crippen MR) is 149 cm³/mol. The minimum absolute atomic E-state index is 0.0791. The topological polar surface area (TPSA) is 98.6 Å². The monoisotopic (exact) mass is 529 g/mol. The number of hydrogen-bond acceptors (Lipinski definition) is 6. The molecule has 1 N–H and O–H groups in total. The number of aromatic nitrogens is 3. The van der Waals surface area contributed by atoms with Gasteiger partial charge in [0.05, 0.1) is 19.7 Å². The molecule has 1 aromatic heterocycles. The van der Waals surface area contributed by atoms with Crippen molar-refractivity contribution in [2.24, 2.45) is 5.92 Å². The van der Waals surface area contributed by atoms with Crippen molar-refractivity contribution >= 4 is 22.8 Å². The Morgan fingerprint density at radius 3 is 2.41 bits per heavy atom. The Labute approximate surface area is 228 Å². The molecule has 9 nitrogen and oxygen atoms in total. The lowest BCUT2D eigenvalue weighted by atomic mass is 10.0. The third kappa shape index (κ3) is 6.93. The minimum atomic E-state index is -0.902. The maximum Gasteiger partial charge on any atom is 0.247 e. The van der Waals surface area contributed by atoms with Gasteiger partial charge in [-0.2, -0.15) is 0 Å². The summed E-state index contributed by atoms with van der Waals surface area (Å²) in [6, 6.07) is 21.3. The van der Waals surface area contributed by atoms with Crippen LogP contribution in [0.4, 0.5) is 0 Å². The summed E-state index contributed by atoms with van der Waals surface area (Å²) < 4.78 is 12.4. The first kappa shape index (κ1) is 27.6. The van der Waals surface area contributed by atoms with E-state index in [1.807, 2.05) is 66.7 Å². The van der Waals surface area contributed by atoms with Crippen molar-refractivity contribution in [3.8, 4) is 11.5 Å². The molecule has 0 bridgehead atoms. The molecule has 0 aliphatic heterocycles. The van der Waals surface area contributed by atoms with Gasteiger partial charge in [0, 0.05) is 13.1 Å². The first-order valence-electron chi connectivity index (χ1n) is 13.0. The zero-order valence-corrected chi connectivity index (χ0v) is 22.8. The number of amides is 2. The van der Waals surface area contributed by atoms with Gasteiger partial charge in [-0.3, -0.25) is 9.59 Å². The number of carbonyl (C=O) groups excluding carboxylic acids is 2. The maximum atomic E-state index is 14.1. The normalized spacial score (nSPS) is 11.8. The van der Waals surface area contributed by atoms with Crippen LogP contribution in [0.5, 0.6) is 11.5 Å². The van der Waals surface area contributed by atoms with Gasteiger partial charge >= 0.3 is 0 Å². The molecule has 0 spiro atoms. The number of carbonyl (C=O) groups is 2. The predicted octanol–water partition coefficient (Wildman–Crippen LogP) is 4.38. The number of fused-ring (bicyclic) bond motifs is 1. The molecule has 0 saturated heterocycles. The highest BCUT2D eigenvalue weighted by atomic mass is 16.5. The van der Waals surface area contributed by atoms with Gasteiger partial charge in [0.1, 0.15) is 29.6 Å². The molecule has 0 radical (unpaired) electrons. The fourth-order valence-electron chi connectivity index (χ4n) is 4.41. The third-order valence-corrected chi connectivity index (χ3v) is 6.50. The van der Waals surface area contributed by atoms with Crippen LogP contribution in [-0.2, 0) is 22.7 Å². The maximum absolute atomic E-state index is 14.1. The Bertz CT molecular complexity index is 1420. The summed E-state index contributed by atoms with van der Waals surface area (Å²) in [5.74, 6) is 1.16. The van der Waals surface area contributed by atoms with Gasteiger partial charge in [0.2, 0.25) is 11.8 Å². The highest BCUT2D eigenvalue weighted by Crippen LogP contribution is 2.28. The van der Waals surface area contributed by atoms with Gasteiger partial charge in [-0.15, -0.1) is 5.10 Å². The molecule has 3 aromatic carbocycles. The number of hydrogen-bond donors (Lipinski definition) is 1. The average Bonchev–Trinajstić information content (AvgIpc) is 3.35. The molecule has 39 heavy (non-hydrogen) atoms. The van der Waals surface area contributed by atoms with Gasteiger partial charge in [-0.25, -0.2) is 4.68 Å². The quantitative estimate of drug-likeness (QED) is 0.292. The highest BCUT2D eigenvalue weighted by Gasteiger charge is 2.32. The molecule has 0 saturated carbocycles. The summed E-state index contributed by atoms with van der Waals surface area (Å²) in [5.41, 5.74) is 2.91. The van der Waals surface area contributed by atoms with Crippen molar-refractivity contribution in [3.05, 3.63) is 83.9 Å². The number of nitrogens with zero attached hydrogens (tertiary/aromatic N) is 4. The lowest BCUT2D eigenvalue weighted by molar-refractivity contribution is -0.142. The lowest BCUT2D eigenvalue weighted by Crippen LogP contribution is -2.45. The van der Waals surface area contributed by atoms with E-state index < -0.39 is 6.04 Å². The van der Waals surface area contributed by atoms with Gasteiger partial charge in [0.25, 0.3) is 0 Å². The van der Waals surface area contributed by atoms with Crippen molar-refractivity contribution in [2.75, 3.05) is 20.8 Å². The minimum Gasteiger partial charge on any atom is -0.497 e. The number of nitrogens with one attached hydrogen (secondary N) is 1. The zero-order valence-electron chi connectivity index (χ0n) is 22.8. The van der Waals surface area contributed by atoms with E-state index in [9.17, 15) is 9.59 Å². The zero-order chi connectivity index (χ0) is 27.8.